The van der Waals surface area contributed by atoms with Gasteiger partial charge >= 0.3 is 0 Å². The van der Waals surface area contributed by atoms with Crippen molar-refractivity contribution in [1.29, 1.82) is 0 Å². The third-order valence-electron chi connectivity index (χ3n) is 11.1. The Balaban J connectivity index is 1.50. The number of fused-ring (bicyclic) bond motifs is 3. The molecular weight excluding hydrogens is 400 g/mol. The topological polar surface area (TPSA) is 73.2 Å². The van der Waals surface area contributed by atoms with Gasteiger partial charge in [-0.25, -0.2) is 0 Å². The second-order valence-corrected chi connectivity index (χ2v) is 12.8. The molecule has 5 aliphatic rings. The van der Waals surface area contributed by atoms with Crippen molar-refractivity contribution < 1.29 is 20.1 Å². The molecule has 0 bridgehead atoms. The molecular formula is C28H44O4. The zero-order valence-corrected chi connectivity index (χ0v) is 20.9. The highest BCUT2D eigenvalue weighted by Gasteiger charge is 2.77. The van der Waals surface area contributed by atoms with Gasteiger partial charge in [0, 0.05) is 17.3 Å². The second-order valence-electron chi connectivity index (χ2n) is 12.8. The molecule has 3 N–H and O–H groups in total. The van der Waals surface area contributed by atoms with Crippen LogP contribution in [0.4, 0.5) is 0 Å². The molecule has 1 saturated heterocycles. The lowest BCUT2D eigenvalue weighted by atomic mass is 9.48. The molecule has 32 heavy (non-hydrogen) atoms. The van der Waals surface area contributed by atoms with Gasteiger partial charge in [-0.2, -0.15) is 0 Å². The normalized spacial score (nSPS) is 51.8. The van der Waals surface area contributed by atoms with Crippen molar-refractivity contribution >= 4 is 0 Å². The highest BCUT2D eigenvalue weighted by atomic mass is 16.6. The Morgan fingerprint density at radius 3 is 2.41 bits per heavy atom. The molecule has 5 rings (SSSR count). The van der Waals surface area contributed by atoms with E-state index in [4.69, 9.17) is 4.74 Å². The fourth-order valence-corrected chi connectivity index (χ4v) is 8.45. The lowest BCUT2D eigenvalue weighted by Crippen LogP contribution is -2.60. The Hall–Kier alpha value is -0.680. The van der Waals surface area contributed by atoms with E-state index < -0.39 is 17.3 Å². The van der Waals surface area contributed by atoms with Crippen LogP contribution in [0.15, 0.2) is 23.3 Å². The molecule has 180 valence electrons. The molecule has 4 nitrogen and oxygen atoms in total. The Labute approximate surface area is 194 Å². The van der Waals surface area contributed by atoms with Gasteiger partial charge < -0.3 is 20.1 Å². The zero-order chi connectivity index (χ0) is 23.3. The number of epoxide rings is 1. The van der Waals surface area contributed by atoms with Gasteiger partial charge in [0.1, 0.15) is 17.8 Å². The van der Waals surface area contributed by atoms with Crippen molar-refractivity contribution in [3.63, 3.8) is 0 Å². The highest BCUT2D eigenvalue weighted by Crippen LogP contribution is 2.73. The van der Waals surface area contributed by atoms with E-state index in [1.807, 2.05) is 0 Å². The lowest BCUT2D eigenvalue weighted by molar-refractivity contribution is -0.0834. The number of ether oxygens (including phenoxy) is 1. The Morgan fingerprint density at radius 1 is 1.00 bits per heavy atom. The summed E-state index contributed by atoms with van der Waals surface area (Å²) in [5, 5.41) is 34.2. The smallest absolute Gasteiger partial charge is 0.118 e. The lowest BCUT2D eigenvalue weighted by Gasteiger charge is -2.57. The average Bonchev–Trinajstić information content (AvgIpc) is 3.38. The van der Waals surface area contributed by atoms with Gasteiger partial charge in [-0.1, -0.05) is 59.3 Å². The maximum Gasteiger partial charge on any atom is 0.118 e. The van der Waals surface area contributed by atoms with Crippen molar-refractivity contribution in [1.82, 2.24) is 0 Å². The van der Waals surface area contributed by atoms with Crippen LogP contribution in [0.25, 0.3) is 0 Å². The molecule has 1 aliphatic heterocycles. The summed E-state index contributed by atoms with van der Waals surface area (Å²) in [6, 6.07) is 0. The Bertz CT molecular complexity index is 846. The zero-order valence-electron chi connectivity index (χ0n) is 20.9. The minimum absolute atomic E-state index is 0.182. The molecule has 0 radical (unpaired) electrons. The van der Waals surface area contributed by atoms with Crippen LogP contribution < -0.4 is 0 Å². The van der Waals surface area contributed by atoms with E-state index in [2.05, 4.69) is 53.7 Å². The summed E-state index contributed by atoms with van der Waals surface area (Å²) in [5.41, 5.74) is 0.331. The third-order valence-corrected chi connectivity index (χ3v) is 11.1. The third kappa shape index (κ3) is 2.76. The predicted molar refractivity (Wildman–Crippen MR) is 126 cm³/mol. The van der Waals surface area contributed by atoms with Crippen molar-refractivity contribution in [2.75, 3.05) is 0 Å². The van der Waals surface area contributed by atoms with Gasteiger partial charge in [0.25, 0.3) is 0 Å². The summed E-state index contributed by atoms with van der Waals surface area (Å²) in [7, 11) is 0. The molecule has 1 spiro atoms. The molecule has 4 aliphatic carbocycles. The molecule has 2 saturated carbocycles. The molecule has 0 amide bonds. The van der Waals surface area contributed by atoms with Crippen LogP contribution in [0.3, 0.4) is 0 Å². The largest absolute Gasteiger partial charge is 0.393 e. The summed E-state index contributed by atoms with van der Waals surface area (Å²) in [6.45, 7) is 13.7. The van der Waals surface area contributed by atoms with Crippen LogP contribution in [0.2, 0.25) is 0 Å². The average molecular weight is 445 g/mol. The van der Waals surface area contributed by atoms with Crippen LogP contribution in [0.1, 0.15) is 86.5 Å². The SMILES string of the molecule is CC(C)[C@@H](C)/C=C/[C@@H](C)[C@H]1CC[C@@]2(O)C3=C(CC[C@]12C)[C@@]1(C)CC[C@H](O)C[C@@]12O[C@H]2[C@@H]3O. The molecule has 10 atom stereocenters. The molecule has 4 heteroatoms. The first-order valence-corrected chi connectivity index (χ1v) is 13.1. The quantitative estimate of drug-likeness (QED) is 0.431. The van der Waals surface area contributed by atoms with Crippen LogP contribution in [0.5, 0.6) is 0 Å². The summed E-state index contributed by atoms with van der Waals surface area (Å²) in [5.74, 6) is 1.97. The molecule has 1 heterocycles. The van der Waals surface area contributed by atoms with Gasteiger partial charge in [0.05, 0.1) is 11.7 Å². The standard InChI is InChI=1S/C28H44O4/c1-16(2)17(3)7-8-18(4)20-11-14-27(31)22-21(10-13-25(20,27)5)26(6)12-9-19(29)15-28(26)24(32-28)23(22)30/h7-8,16-20,23-24,29-31H,9-15H2,1-6H3/b8-7+/t17-,18+,19-,20+,23+,24-,25+,26+,27+,28-/m0/s1. The maximum atomic E-state index is 12.4. The number of rotatable bonds is 4. The monoisotopic (exact) mass is 444 g/mol. The van der Waals surface area contributed by atoms with Crippen LogP contribution in [-0.4, -0.2) is 44.8 Å². The number of hydrogen-bond acceptors (Lipinski definition) is 4. The molecule has 0 aromatic carbocycles. The van der Waals surface area contributed by atoms with E-state index in [1.165, 1.54) is 5.57 Å². The van der Waals surface area contributed by atoms with Gasteiger partial charge in [-0.15, -0.1) is 0 Å². The van der Waals surface area contributed by atoms with E-state index in [0.29, 0.717) is 30.1 Å². The molecule has 0 aromatic heterocycles. The van der Waals surface area contributed by atoms with E-state index in [0.717, 1.165) is 44.1 Å². The van der Waals surface area contributed by atoms with E-state index in [9.17, 15) is 15.3 Å². The summed E-state index contributed by atoms with van der Waals surface area (Å²) >= 11 is 0. The van der Waals surface area contributed by atoms with Crippen molar-refractivity contribution in [2.24, 2.45) is 34.5 Å². The Kier molecular flexibility index (Phi) is 5.17. The molecule has 0 aromatic rings. The highest BCUT2D eigenvalue weighted by molar-refractivity contribution is 5.49. The first-order chi connectivity index (χ1) is 14.9. The van der Waals surface area contributed by atoms with E-state index in [1.54, 1.807) is 0 Å². The van der Waals surface area contributed by atoms with E-state index in [-0.39, 0.29) is 23.0 Å². The summed E-state index contributed by atoms with van der Waals surface area (Å²) in [6.07, 6.45) is 9.20. The number of allylic oxidation sites excluding steroid dienone is 2. The Morgan fingerprint density at radius 2 is 1.72 bits per heavy atom. The van der Waals surface area contributed by atoms with Gasteiger partial charge in [-0.3, -0.25) is 0 Å². The van der Waals surface area contributed by atoms with E-state index >= 15 is 0 Å². The molecule has 0 unspecified atom stereocenters. The van der Waals surface area contributed by atoms with Gasteiger partial charge in [0.15, 0.2) is 0 Å². The minimum Gasteiger partial charge on any atom is -0.393 e. The minimum atomic E-state index is -0.965. The van der Waals surface area contributed by atoms with Crippen molar-refractivity contribution in [2.45, 2.75) is 116 Å². The summed E-state index contributed by atoms with van der Waals surface area (Å²) in [4.78, 5) is 0. The predicted octanol–water partition coefficient (Wildman–Crippen LogP) is 4.77. The first-order valence-electron chi connectivity index (χ1n) is 13.1. The van der Waals surface area contributed by atoms with Crippen molar-refractivity contribution in [3.05, 3.63) is 23.3 Å². The van der Waals surface area contributed by atoms with Gasteiger partial charge in [0.2, 0.25) is 0 Å². The second kappa shape index (κ2) is 7.16. The fraction of sp³-hybridized carbons (Fsp3) is 0.857. The number of aliphatic hydroxyl groups excluding tert-OH is 2. The summed E-state index contributed by atoms with van der Waals surface area (Å²) < 4.78 is 6.26. The van der Waals surface area contributed by atoms with Crippen molar-refractivity contribution in [3.8, 4) is 0 Å². The van der Waals surface area contributed by atoms with Crippen LogP contribution in [-0.2, 0) is 4.74 Å². The van der Waals surface area contributed by atoms with Crippen LogP contribution in [0, 0.1) is 34.5 Å². The fourth-order valence-electron chi connectivity index (χ4n) is 8.45. The van der Waals surface area contributed by atoms with Gasteiger partial charge in [-0.05, 0) is 67.8 Å². The van der Waals surface area contributed by atoms with Crippen LogP contribution >= 0.6 is 0 Å². The maximum absolute atomic E-state index is 12.4. The first kappa shape index (κ1) is 23.1. The number of hydrogen-bond donors (Lipinski definition) is 3. The number of aliphatic hydroxyl groups is 3. The molecule has 3 fully saturated rings.